The molecule has 0 heterocycles. The van der Waals surface area contributed by atoms with Crippen molar-refractivity contribution in [1.82, 2.24) is 5.43 Å². The van der Waals surface area contributed by atoms with E-state index in [4.69, 9.17) is 21.1 Å². The zero-order valence-electron chi connectivity index (χ0n) is 16.7. The van der Waals surface area contributed by atoms with Gasteiger partial charge in [0.05, 0.1) is 35.1 Å². The summed E-state index contributed by atoms with van der Waals surface area (Å²) in [7, 11) is 1.55. The number of unbranched alkanes of at least 4 members (excludes halogenated alkanes) is 1. The number of nitrogens with zero attached hydrogens (tertiary/aromatic N) is 1. The number of ether oxygens (including phenoxy) is 2. The number of hydrogen-bond donors (Lipinski definition) is 2. The molecular formula is C21H23BrClN3O4. The fraction of sp³-hybridized carbons (Fsp3) is 0.286. The average molecular weight is 497 g/mol. The molecule has 0 aliphatic heterocycles. The Morgan fingerprint density at radius 1 is 1.23 bits per heavy atom. The molecule has 0 saturated heterocycles. The first kappa shape index (κ1) is 23.7. The van der Waals surface area contributed by atoms with Crippen molar-refractivity contribution < 1.29 is 19.1 Å². The van der Waals surface area contributed by atoms with Crippen LogP contribution in [0.2, 0.25) is 5.02 Å². The molecule has 0 atom stereocenters. The Labute approximate surface area is 188 Å². The van der Waals surface area contributed by atoms with Gasteiger partial charge in [0.1, 0.15) is 6.42 Å². The van der Waals surface area contributed by atoms with E-state index in [-0.39, 0.29) is 6.42 Å². The first-order chi connectivity index (χ1) is 14.4. The highest BCUT2D eigenvalue weighted by Crippen LogP contribution is 2.36. The van der Waals surface area contributed by atoms with Crippen molar-refractivity contribution in [3.63, 3.8) is 0 Å². The summed E-state index contributed by atoms with van der Waals surface area (Å²) in [6.07, 6.45) is 3.03. The summed E-state index contributed by atoms with van der Waals surface area (Å²) >= 11 is 9.44. The highest BCUT2D eigenvalue weighted by atomic mass is 79.9. The van der Waals surface area contributed by atoms with Crippen molar-refractivity contribution in [2.24, 2.45) is 5.10 Å². The van der Waals surface area contributed by atoms with Gasteiger partial charge in [0, 0.05) is 0 Å². The zero-order chi connectivity index (χ0) is 21.9. The number of methoxy groups -OCH3 is 1. The Morgan fingerprint density at radius 3 is 2.70 bits per heavy atom. The van der Waals surface area contributed by atoms with Crippen molar-refractivity contribution in [3.8, 4) is 11.5 Å². The fourth-order valence-electron chi connectivity index (χ4n) is 2.39. The van der Waals surface area contributed by atoms with E-state index in [1.807, 2.05) is 0 Å². The summed E-state index contributed by atoms with van der Waals surface area (Å²) in [4.78, 5) is 23.9. The Morgan fingerprint density at radius 2 is 2.00 bits per heavy atom. The fourth-order valence-corrected chi connectivity index (χ4v) is 3.15. The summed E-state index contributed by atoms with van der Waals surface area (Å²) in [5.41, 5.74) is 3.45. The van der Waals surface area contributed by atoms with Gasteiger partial charge in [0.25, 0.3) is 0 Å². The summed E-state index contributed by atoms with van der Waals surface area (Å²) in [6.45, 7) is 2.68. The lowest BCUT2D eigenvalue weighted by atomic mass is 10.2. The van der Waals surface area contributed by atoms with Crippen molar-refractivity contribution in [1.29, 1.82) is 0 Å². The van der Waals surface area contributed by atoms with E-state index >= 15 is 0 Å². The highest BCUT2D eigenvalue weighted by Gasteiger charge is 2.12. The van der Waals surface area contributed by atoms with Gasteiger partial charge in [-0.05, 0) is 52.2 Å². The van der Waals surface area contributed by atoms with E-state index in [9.17, 15) is 9.59 Å². The number of hydrazone groups is 1. The second-order valence-corrected chi connectivity index (χ2v) is 7.50. The van der Waals surface area contributed by atoms with Crippen LogP contribution in [-0.4, -0.2) is 31.7 Å². The van der Waals surface area contributed by atoms with E-state index < -0.39 is 11.8 Å². The molecule has 30 heavy (non-hydrogen) atoms. The molecule has 0 aliphatic rings. The van der Waals surface area contributed by atoms with Crippen LogP contribution < -0.4 is 20.2 Å². The third-order valence-electron chi connectivity index (χ3n) is 3.87. The van der Waals surface area contributed by atoms with Crippen molar-refractivity contribution in [3.05, 3.63) is 51.5 Å². The lowest BCUT2D eigenvalue weighted by Crippen LogP contribution is -2.24. The van der Waals surface area contributed by atoms with Crippen LogP contribution in [0.25, 0.3) is 0 Å². The summed E-state index contributed by atoms with van der Waals surface area (Å²) < 4.78 is 11.8. The number of carbonyl (C=O) groups excluding carboxylic acids is 2. The summed E-state index contributed by atoms with van der Waals surface area (Å²) in [6, 6.07) is 10.3. The van der Waals surface area contributed by atoms with Gasteiger partial charge in [-0.25, -0.2) is 5.43 Å². The van der Waals surface area contributed by atoms with Gasteiger partial charge in [0.15, 0.2) is 11.5 Å². The Bertz CT molecular complexity index is 921. The van der Waals surface area contributed by atoms with Crippen LogP contribution in [-0.2, 0) is 9.59 Å². The molecule has 0 bridgehead atoms. The molecule has 9 heteroatoms. The lowest BCUT2D eigenvalue weighted by Gasteiger charge is -2.13. The number of rotatable bonds is 10. The Kier molecular flexibility index (Phi) is 9.63. The van der Waals surface area contributed by atoms with Gasteiger partial charge in [-0.15, -0.1) is 0 Å². The minimum atomic E-state index is -0.554. The second-order valence-electron chi connectivity index (χ2n) is 6.23. The molecule has 0 aliphatic carbocycles. The molecule has 2 amide bonds. The minimum Gasteiger partial charge on any atom is -0.493 e. The first-order valence-corrected chi connectivity index (χ1v) is 10.5. The SMILES string of the molecule is CCCCOc1c(Br)cc(C=NNC(=O)CC(=O)Nc2ccccc2Cl)cc1OC. The molecule has 0 fully saturated rings. The number of para-hydroxylation sites is 1. The van der Waals surface area contributed by atoms with Gasteiger partial charge in [-0.1, -0.05) is 37.1 Å². The predicted octanol–water partition coefficient (Wildman–Crippen LogP) is 4.77. The van der Waals surface area contributed by atoms with Crippen LogP contribution in [0.1, 0.15) is 31.7 Å². The van der Waals surface area contributed by atoms with Gasteiger partial charge in [0.2, 0.25) is 11.8 Å². The predicted molar refractivity (Wildman–Crippen MR) is 122 cm³/mol. The maximum atomic E-state index is 12.0. The normalized spacial score (nSPS) is 10.7. The largest absolute Gasteiger partial charge is 0.493 e. The standard InChI is InChI=1S/C21H23BrClN3O4/c1-3-4-9-30-21-15(22)10-14(11-18(21)29-2)13-24-26-20(28)12-19(27)25-17-8-6-5-7-16(17)23/h5-8,10-11,13H,3-4,9,12H2,1-2H3,(H,25,27)(H,26,28). The number of hydrogen-bond acceptors (Lipinski definition) is 5. The molecule has 0 saturated carbocycles. The number of anilines is 1. The number of benzene rings is 2. The van der Waals surface area contributed by atoms with Crippen LogP contribution >= 0.6 is 27.5 Å². The Balaban J connectivity index is 1.92. The van der Waals surface area contributed by atoms with E-state index in [0.717, 1.165) is 12.8 Å². The van der Waals surface area contributed by atoms with Crippen molar-refractivity contribution in [2.45, 2.75) is 26.2 Å². The van der Waals surface area contributed by atoms with E-state index in [1.165, 1.54) is 6.21 Å². The molecule has 2 N–H and O–H groups in total. The summed E-state index contributed by atoms with van der Waals surface area (Å²) in [5.74, 6) is 0.117. The number of amides is 2. The molecule has 160 valence electrons. The second kappa shape index (κ2) is 12.2. The van der Waals surface area contributed by atoms with E-state index in [0.29, 0.717) is 38.9 Å². The van der Waals surface area contributed by atoms with E-state index in [2.05, 4.69) is 38.7 Å². The summed E-state index contributed by atoms with van der Waals surface area (Å²) in [5, 5.41) is 6.87. The van der Waals surface area contributed by atoms with Gasteiger partial charge in [-0.2, -0.15) is 5.10 Å². The van der Waals surface area contributed by atoms with Gasteiger partial charge < -0.3 is 14.8 Å². The molecule has 0 aromatic heterocycles. The monoisotopic (exact) mass is 495 g/mol. The minimum absolute atomic E-state index is 0.389. The van der Waals surface area contributed by atoms with Crippen molar-refractivity contribution in [2.75, 3.05) is 19.0 Å². The molecule has 0 spiro atoms. The van der Waals surface area contributed by atoms with Gasteiger partial charge in [-0.3, -0.25) is 9.59 Å². The van der Waals surface area contributed by atoms with Crippen LogP contribution in [0.5, 0.6) is 11.5 Å². The molecule has 2 aromatic carbocycles. The molecule has 2 aromatic rings. The first-order valence-electron chi connectivity index (χ1n) is 9.31. The lowest BCUT2D eigenvalue weighted by molar-refractivity contribution is -0.126. The number of nitrogens with one attached hydrogen (secondary N) is 2. The maximum Gasteiger partial charge on any atom is 0.249 e. The number of carbonyl (C=O) groups is 2. The maximum absolute atomic E-state index is 12.0. The quantitative estimate of drug-likeness (QED) is 0.215. The highest BCUT2D eigenvalue weighted by molar-refractivity contribution is 9.10. The third kappa shape index (κ3) is 7.35. The zero-order valence-corrected chi connectivity index (χ0v) is 19.0. The van der Waals surface area contributed by atoms with Crippen LogP contribution in [0.15, 0.2) is 46.0 Å². The molecule has 2 rings (SSSR count). The molecule has 0 unspecified atom stereocenters. The Hall–Kier alpha value is -2.58. The average Bonchev–Trinajstić information content (AvgIpc) is 2.71. The molecule has 0 radical (unpaired) electrons. The number of halogens is 2. The van der Waals surface area contributed by atoms with E-state index in [1.54, 1.807) is 43.5 Å². The topological polar surface area (TPSA) is 89.0 Å². The van der Waals surface area contributed by atoms with Crippen LogP contribution in [0.4, 0.5) is 5.69 Å². The smallest absolute Gasteiger partial charge is 0.249 e. The van der Waals surface area contributed by atoms with Gasteiger partial charge >= 0.3 is 0 Å². The third-order valence-corrected chi connectivity index (χ3v) is 4.79. The van der Waals surface area contributed by atoms with Crippen molar-refractivity contribution >= 4 is 51.2 Å². The van der Waals surface area contributed by atoms with Crippen LogP contribution in [0, 0.1) is 0 Å². The molecular weight excluding hydrogens is 474 g/mol. The molecule has 7 nitrogen and oxygen atoms in total. The van der Waals surface area contributed by atoms with Crippen LogP contribution in [0.3, 0.4) is 0 Å².